The molecule has 0 N–H and O–H groups in total. The van der Waals surface area contributed by atoms with Gasteiger partial charge in [0.2, 0.25) is 0 Å². The van der Waals surface area contributed by atoms with E-state index in [1.807, 2.05) is 0 Å². The molecule has 188 valence electrons. The Hall–Kier alpha value is -3.47. The summed E-state index contributed by atoms with van der Waals surface area (Å²) in [6, 6.07) is 41.2. The zero-order chi connectivity index (χ0) is 26.7. The van der Waals surface area contributed by atoms with E-state index in [1.54, 1.807) is 0 Å². The molecule has 0 amide bonds. The van der Waals surface area contributed by atoms with Crippen molar-refractivity contribution in [2.24, 2.45) is 0 Å². The lowest BCUT2D eigenvalue weighted by Crippen LogP contribution is -2.38. The Bertz CT molecular complexity index is 1690. The van der Waals surface area contributed by atoms with Crippen LogP contribution in [0.2, 0.25) is 39.3 Å². The number of fused-ring (bicyclic) bond motifs is 3. The molecule has 0 heterocycles. The van der Waals surface area contributed by atoms with Crippen LogP contribution < -0.4 is 10.4 Å². The molecule has 0 bridgehead atoms. The van der Waals surface area contributed by atoms with Crippen LogP contribution in [0.15, 0.2) is 109 Å². The lowest BCUT2D eigenvalue weighted by atomic mass is 9.89. The highest BCUT2D eigenvalue weighted by atomic mass is 28.3. The van der Waals surface area contributed by atoms with Crippen molar-refractivity contribution in [1.29, 1.82) is 0 Å². The second kappa shape index (κ2) is 9.08. The molecule has 6 aromatic rings. The molecule has 6 rings (SSSR count). The molecule has 0 nitrogen and oxygen atoms in total. The van der Waals surface area contributed by atoms with Gasteiger partial charge in [-0.15, -0.1) is 0 Å². The van der Waals surface area contributed by atoms with Crippen LogP contribution in [0.25, 0.3) is 54.6 Å². The van der Waals surface area contributed by atoms with Crippen LogP contribution in [0.4, 0.5) is 0 Å². The Labute approximate surface area is 229 Å². The molecular weight excluding hydrogens is 489 g/mol. The highest BCUT2D eigenvalue weighted by molar-refractivity contribution is 6.91. The van der Waals surface area contributed by atoms with Crippen LogP contribution in [0.1, 0.15) is 0 Å². The van der Waals surface area contributed by atoms with Gasteiger partial charge in [0.05, 0.1) is 16.1 Å². The molecule has 0 saturated carbocycles. The van der Waals surface area contributed by atoms with Gasteiger partial charge in [-0.05, 0) is 54.6 Å². The van der Waals surface area contributed by atoms with Gasteiger partial charge in [-0.3, -0.25) is 0 Å². The minimum absolute atomic E-state index is 1.31. The summed E-state index contributed by atoms with van der Waals surface area (Å²) in [5, 5.41) is 11.2. The van der Waals surface area contributed by atoms with E-state index in [0.29, 0.717) is 0 Å². The Kier molecular flexibility index (Phi) is 5.93. The van der Waals surface area contributed by atoms with E-state index >= 15 is 0 Å². The fourth-order valence-electron chi connectivity index (χ4n) is 6.16. The van der Waals surface area contributed by atoms with E-state index in [1.165, 1.54) is 64.9 Å². The highest BCUT2D eigenvalue weighted by Gasteiger charge is 2.22. The van der Waals surface area contributed by atoms with Crippen molar-refractivity contribution >= 4 is 58.8 Å². The van der Waals surface area contributed by atoms with E-state index in [-0.39, 0.29) is 0 Å². The van der Waals surface area contributed by atoms with Crippen molar-refractivity contribution in [1.82, 2.24) is 0 Å². The predicted molar refractivity (Wildman–Crippen MR) is 176 cm³/mol. The van der Waals surface area contributed by atoms with Gasteiger partial charge in [0, 0.05) is 0 Å². The molecule has 0 spiro atoms. The van der Waals surface area contributed by atoms with Crippen molar-refractivity contribution in [3.05, 3.63) is 109 Å². The third-order valence-corrected chi connectivity index (χ3v) is 12.1. The van der Waals surface area contributed by atoms with Gasteiger partial charge in [0.15, 0.2) is 0 Å². The molecule has 2 heteroatoms. The molecule has 0 aliphatic carbocycles. The molecule has 0 aliphatic heterocycles. The maximum Gasteiger partial charge on any atom is 0.0784 e. The Morgan fingerprint density at radius 1 is 0.289 bits per heavy atom. The normalized spacial score (nSPS) is 12.5. The topological polar surface area (TPSA) is 0 Å². The summed E-state index contributed by atoms with van der Waals surface area (Å²) in [6.07, 6.45) is 0. The zero-order valence-electron chi connectivity index (χ0n) is 23.4. The first-order valence-corrected chi connectivity index (χ1v) is 20.7. The van der Waals surface area contributed by atoms with Gasteiger partial charge in [0.25, 0.3) is 0 Å². The summed E-state index contributed by atoms with van der Waals surface area (Å²) in [7, 11) is -2.94. The maximum absolute atomic E-state index is 2.44. The highest BCUT2D eigenvalue weighted by Crippen LogP contribution is 2.39. The van der Waals surface area contributed by atoms with Crippen molar-refractivity contribution < 1.29 is 0 Å². The fourth-order valence-corrected chi connectivity index (χ4v) is 9.37. The number of hydrogen-bond donors (Lipinski definition) is 0. The summed E-state index contributed by atoms with van der Waals surface area (Å²) in [5.74, 6) is 0. The fraction of sp³-hybridized carbons (Fsp3) is 0.167. The van der Waals surface area contributed by atoms with Gasteiger partial charge in [-0.2, -0.15) is 0 Å². The molecule has 0 unspecified atom stereocenters. The van der Waals surface area contributed by atoms with E-state index in [2.05, 4.69) is 148 Å². The van der Waals surface area contributed by atoms with E-state index in [9.17, 15) is 0 Å². The third-order valence-electron chi connectivity index (χ3n) is 7.97. The summed E-state index contributed by atoms with van der Waals surface area (Å²) in [6.45, 7) is 14.6. The Morgan fingerprint density at radius 2 is 0.579 bits per heavy atom. The minimum Gasteiger partial charge on any atom is -0.0656 e. The first-order valence-electron chi connectivity index (χ1n) is 13.7. The predicted octanol–water partition coefficient (Wildman–Crippen LogP) is 9.57. The maximum atomic E-state index is 2.44. The van der Waals surface area contributed by atoms with Gasteiger partial charge >= 0.3 is 0 Å². The first-order chi connectivity index (χ1) is 18.1. The summed E-state index contributed by atoms with van der Waals surface area (Å²) < 4.78 is 0. The number of rotatable bonds is 4. The lowest BCUT2D eigenvalue weighted by molar-refractivity contribution is 1.66. The molecule has 0 aromatic heterocycles. The smallest absolute Gasteiger partial charge is 0.0656 e. The number of hydrogen-bond acceptors (Lipinski definition) is 0. The first kappa shape index (κ1) is 24.8. The van der Waals surface area contributed by atoms with E-state index in [0.717, 1.165) is 0 Å². The van der Waals surface area contributed by atoms with Crippen LogP contribution in [-0.2, 0) is 0 Å². The minimum atomic E-state index is -1.47. The molecule has 0 atom stereocenters. The average molecular weight is 525 g/mol. The standard InChI is InChI=1S/C36H36Si2/c1-37(2,3)35-23-21-31(29-13-7-9-15-33(29)35)27-19-11-18-26-25(27)17-12-20-28(26)32-22-24-36(38(4,5)6)34-16-10-8-14-30(32)34/h7-24H,1-6H3. The third kappa shape index (κ3) is 4.13. The van der Waals surface area contributed by atoms with Gasteiger partial charge < -0.3 is 0 Å². The number of benzene rings is 6. The molecular formula is C36H36Si2. The lowest BCUT2D eigenvalue weighted by Gasteiger charge is -2.22. The van der Waals surface area contributed by atoms with Crippen LogP contribution in [-0.4, -0.2) is 16.1 Å². The van der Waals surface area contributed by atoms with E-state index < -0.39 is 16.1 Å². The summed E-state index contributed by atoms with van der Waals surface area (Å²) in [4.78, 5) is 0. The van der Waals surface area contributed by atoms with Gasteiger partial charge in [-0.25, -0.2) is 0 Å². The van der Waals surface area contributed by atoms with Crippen molar-refractivity contribution in [2.75, 3.05) is 0 Å². The van der Waals surface area contributed by atoms with Crippen molar-refractivity contribution in [2.45, 2.75) is 39.3 Å². The average Bonchev–Trinajstić information content (AvgIpc) is 2.90. The molecule has 0 saturated heterocycles. The van der Waals surface area contributed by atoms with Gasteiger partial charge in [0.1, 0.15) is 0 Å². The van der Waals surface area contributed by atoms with Crippen LogP contribution in [0.5, 0.6) is 0 Å². The zero-order valence-corrected chi connectivity index (χ0v) is 25.4. The summed E-state index contributed by atoms with van der Waals surface area (Å²) >= 11 is 0. The van der Waals surface area contributed by atoms with E-state index in [4.69, 9.17) is 0 Å². The second-order valence-electron chi connectivity index (χ2n) is 12.6. The largest absolute Gasteiger partial charge is 0.0784 e. The molecule has 0 fully saturated rings. The molecule has 0 aliphatic rings. The second-order valence-corrected chi connectivity index (χ2v) is 22.7. The Balaban J connectivity index is 1.62. The SMILES string of the molecule is C[Si](C)(C)c1ccc(-c2cccc3c(-c4ccc([Si](C)(C)C)c5ccccc45)cccc23)c2ccccc12. The summed E-state index contributed by atoms with van der Waals surface area (Å²) in [5.41, 5.74) is 5.27. The monoisotopic (exact) mass is 524 g/mol. The van der Waals surface area contributed by atoms with Crippen LogP contribution in [0, 0.1) is 0 Å². The van der Waals surface area contributed by atoms with Crippen molar-refractivity contribution in [3.63, 3.8) is 0 Å². The quantitative estimate of drug-likeness (QED) is 0.201. The van der Waals surface area contributed by atoms with Gasteiger partial charge in [-0.1, -0.05) is 159 Å². The Morgan fingerprint density at radius 3 is 0.947 bits per heavy atom. The van der Waals surface area contributed by atoms with Crippen molar-refractivity contribution in [3.8, 4) is 22.3 Å². The molecule has 0 radical (unpaired) electrons. The van der Waals surface area contributed by atoms with Crippen LogP contribution >= 0.6 is 0 Å². The molecule has 6 aromatic carbocycles. The molecule has 38 heavy (non-hydrogen) atoms. The van der Waals surface area contributed by atoms with Crippen LogP contribution in [0.3, 0.4) is 0 Å².